The Morgan fingerprint density at radius 3 is 2.37 bits per heavy atom. The SMILES string of the molecule is CCN(CC)CCCNS(=O)(=O)CCCNC1CC1. The van der Waals surface area contributed by atoms with E-state index in [4.69, 9.17) is 0 Å². The Morgan fingerprint density at radius 1 is 1.11 bits per heavy atom. The van der Waals surface area contributed by atoms with Crippen molar-refractivity contribution in [2.45, 2.75) is 45.6 Å². The molecule has 0 saturated heterocycles. The number of rotatable bonds is 12. The van der Waals surface area contributed by atoms with E-state index < -0.39 is 10.0 Å². The Morgan fingerprint density at radius 2 is 1.79 bits per heavy atom. The summed E-state index contributed by atoms with van der Waals surface area (Å²) >= 11 is 0. The molecule has 0 spiro atoms. The molecule has 1 aliphatic carbocycles. The zero-order valence-electron chi connectivity index (χ0n) is 12.3. The lowest BCUT2D eigenvalue weighted by molar-refractivity contribution is 0.300. The van der Waals surface area contributed by atoms with Crippen LogP contribution in [0.5, 0.6) is 0 Å². The predicted molar refractivity (Wildman–Crippen MR) is 79.8 cm³/mol. The highest BCUT2D eigenvalue weighted by Gasteiger charge is 2.20. The minimum Gasteiger partial charge on any atom is -0.314 e. The lowest BCUT2D eigenvalue weighted by Gasteiger charge is -2.17. The first-order valence-electron chi connectivity index (χ1n) is 7.50. The van der Waals surface area contributed by atoms with Crippen LogP contribution in [0.2, 0.25) is 0 Å². The minimum absolute atomic E-state index is 0.234. The molecule has 0 radical (unpaired) electrons. The van der Waals surface area contributed by atoms with Crippen molar-refractivity contribution in [3.63, 3.8) is 0 Å². The van der Waals surface area contributed by atoms with Crippen molar-refractivity contribution in [3.8, 4) is 0 Å². The molecule has 0 aromatic carbocycles. The topological polar surface area (TPSA) is 61.4 Å². The van der Waals surface area contributed by atoms with Crippen LogP contribution in [0.15, 0.2) is 0 Å². The molecular weight excluding hydrogens is 262 g/mol. The van der Waals surface area contributed by atoms with E-state index in [-0.39, 0.29) is 5.75 Å². The minimum atomic E-state index is -3.08. The summed E-state index contributed by atoms with van der Waals surface area (Å²) in [6.07, 6.45) is 4.07. The van der Waals surface area contributed by atoms with Crippen LogP contribution in [-0.4, -0.2) is 57.8 Å². The molecule has 1 saturated carbocycles. The van der Waals surface area contributed by atoms with Gasteiger partial charge in [0.25, 0.3) is 0 Å². The fourth-order valence-corrected chi connectivity index (χ4v) is 3.12. The maximum Gasteiger partial charge on any atom is 0.211 e. The Labute approximate surface area is 118 Å². The first kappa shape index (κ1) is 16.9. The second-order valence-corrected chi connectivity index (χ2v) is 7.10. The van der Waals surface area contributed by atoms with Gasteiger partial charge in [0.05, 0.1) is 5.75 Å². The van der Waals surface area contributed by atoms with E-state index in [0.29, 0.717) is 19.0 Å². The summed E-state index contributed by atoms with van der Waals surface area (Å²) in [7, 11) is -3.08. The molecule has 1 rings (SSSR count). The van der Waals surface area contributed by atoms with E-state index in [1.54, 1.807) is 0 Å². The average Bonchev–Trinajstić information content (AvgIpc) is 3.19. The molecule has 2 N–H and O–H groups in total. The zero-order chi connectivity index (χ0) is 14.1. The fourth-order valence-electron chi connectivity index (χ4n) is 2.00. The van der Waals surface area contributed by atoms with Crippen LogP contribution < -0.4 is 10.0 Å². The zero-order valence-corrected chi connectivity index (χ0v) is 13.1. The van der Waals surface area contributed by atoms with Crippen molar-refractivity contribution in [2.75, 3.05) is 38.5 Å². The summed E-state index contributed by atoms with van der Waals surface area (Å²) in [6, 6.07) is 0.657. The van der Waals surface area contributed by atoms with Crippen molar-refractivity contribution >= 4 is 10.0 Å². The number of nitrogens with one attached hydrogen (secondary N) is 2. The van der Waals surface area contributed by atoms with Crippen LogP contribution in [0.4, 0.5) is 0 Å². The molecular formula is C13H29N3O2S. The predicted octanol–water partition coefficient (Wildman–Crippen LogP) is 0.780. The first-order chi connectivity index (χ1) is 9.07. The number of nitrogens with zero attached hydrogens (tertiary/aromatic N) is 1. The number of hydrogen-bond acceptors (Lipinski definition) is 4. The molecule has 19 heavy (non-hydrogen) atoms. The van der Waals surface area contributed by atoms with Gasteiger partial charge in [-0.1, -0.05) is 13.8 Å². The third-order valence-electron chi connectivity index (χ3n) is 3.47. The van der Waals surface area contributed by atoms with Crippen LogP contribution in [0.25, 0.3) is 0 Å². The van der Waals surface area contributed by atoms with Gasteiger partial charge in [0.15, 0.2) is 0 Å². The van der Waals surface area contributed by atoms with Crippen LogP contribution in [0, 0.1) is 0 Å². The Bertz CT molecular complexity index is 325. The highest BCUT2D eigenvalue weighted by Crippen LogP contribution is 2.18. The van der Waals surface area contributed by atoms with Gasteiger partial charge in [-0.25, -0.2) is 13.1 Å². The van der Waals surface area contributed by atoms with E-state index in [9.17, 15) is 8.42 Å². The van der Waals surface area contributed by atoms with Gasteiger partial charge in [0.1, 0.15) is 0 Å². The van der Waals surface area contributed by atoms with Crippen molar-refractivity contribution < 1.29 is 8.42 Å². The lowest BCUT2D eigenvalue weighted by atomic mass is 10.4. The van der Waals surface area contributed by atoms with E-state index >= 15 is 0 Å². The van der Waals surface area contributed by atoms with Gasteiger partial charge in [-0.3, -0.25) is 0 Å². The van der Waals surface area contributed by atoms with E-state index in [0.717, 1.165) is 32.6 Å². The van der Waals surface area contributed by atoms with Crippen molar-refractivity contribution in [2.24, 2.45) is 0 Å². The molecule has 1 fully saturated rings. The van der Waals surface area contributed by atoms with Crippen molar-refractivity contribution in [1.82, 2.24) is 14.9 Å². The average molecular weight is 291 g/mol. The second-order valence-electron chi connectivity index (χ2n) is 5.18. The molecule has 0 amide bonds. The van der Waals surface area contributed by atoms with E-state index in [2.05, 4.69) is 28.8 Å². The van der Waals surface area contributed by atoms with Gasteiger partial charge in [-0.15, -0.1) is 0 Å². The summed E-state index contributed by atoms with van der Waals surface area (Å²) in [6.45, 7) is 8.62. The summed E-state index contributed by atoms with van der Waals surface area (Å²) < 4.78 is 26.1. The summed E-state index contributed by atoms with van der Waals surface area (Å²) in [4.78, 5) is 2.30. The molecule has 1 aliphatic rings. The van der Waals surface area contributed by atoms with Gasteiger partial charge < -0.3 is 10.2 Å². The molecule has 114 valence electrons. The lowest BCUT2D eigenvalue weighted by Crippen LogP contribution is -2.32. The molecule has 0 bridgehead atoms. The molecule has 0 aromatic rings. The Kier molecular flexibility index (Phi) is 7.90. The van der Waals surface area contributed by atoms with Crippen LogP contribution >= 0.6 is 0 Å². The summed E-state index contributed by atoms with van der Waals surface area (Å²) in [5, 5.41) is 3.33. The highest BCUT2D eigenvalue weighted by atomic mass is 32.2. The Balaban J connectivity index is 2.01. The maximum atomic E-state index is 11.7. The van der Waals surface area contributed by atoms with Crippen molar-refractivity contribution in [3.05, 3.63) is 0 Å². The summed E-state index contributed by atoms with van der Waals surface area (Å²) in [5.74, 6) is 0.234. The standard InChI is InChI=1S/C13H29N3O2S/c1-3-16(4-2)11-5-10-15-19(17,18)12-6-9-14-13-7-8-13/h13-15H,3-12H2,1-2H3. The van der Waals surface area contributed by atoms with E-state index in [1.807, 2.05) is 0 Å². The van der Waals surface area contributed by atoms with Gasteiger partial charge in [-0.05, 0) is 51.9 Å². The normalized spacial score (nSPS) is 16.2. The smallest absolute Gasteiger partial charge is 0.211 e. The molecule has 5 nitrogen and oxygen atoms in total. The fraction of sp³-hybridized carbons (Fsp3) is 1.00. The van der Waals surface area contributed by atoms with Crippen LogP contribution in [-0.2, 0) is 10.0 Å². The summed E-state index contributed by atoms with van der Waals surface area (Å²) in [5.41, 5.74) is 0. The first-order valence-corrected chi connectivity index (χ1v) is 9.15. The molecule has 0 atom stereocenters. The Hall–Kier alpha value is -0.170. The molecule has 6 heteroatoms. The third kappa shape index (κ3) is 8.57. The van der Waals surface area contributed by atoms with Crippen molar-refractivity contribution in [1.29, 1.82) is 0 Å². The monoisotopic (exact) mass is 291 g/mol. The van der Waals surface area contributed by atoms with Crippen LogP contribution in [0.1, 0.15) is 39.5 Å². The maximum absolute atomic E-state index is 11.7. The van der Waals surface area contributed by atoms with Gasteiger partial charge >= 0.3 is 0 Å². The molecule has 0 unspecified atom stereocenters. The third-order valence-corrected chi connectivity index (χ3v) is 4.94. The van der Waals surface area contributed by atoms with Gasteiger partial charge in [0, 0.05) is 12.6 Å². The molecule has 0 heterocycles. The van der Waals surface area contributed by atoms with Gasteiger partial charge in [-0.2, -0.15) is 0 Å². The van der Waals surface area contributed by atoms with Gasteiger partial charge in [0.2, 0.25) is 10.0 Å². The van der Waals surface area contributed by atoms with E-state index in [1.165, 1.54) is 12.8 Å². The molecule has 0 aromatic heterocycles. The quantitative estimate of drug-likeness (QED) is 0.522. The molecule has 0 aliphatic heterocycles. The second kappa shape index (κ2) is 8.89. The number of sulfonamides is 1. The largest absolute Gasteiger partial charge is 0.314 e. The number of hydrogen-bond donors (Lipinski definition) is 2. The highest BCUT2D eigenvalue weighted by molar-refractivity contribution is 7.89. The van der Waals surface area contributed by atoms with Crippen LogP contribution in [0.3, 0.4) is 0 Å².